The fraction of sp³-hybridized carbons (Fsp3) is 0.833. The monoisotopic (exact) mass is 346 g/mol. The lowest BCUT2D eigenvalue weighted by molar-refractivity contribution is -0.458. The van der Waals surface area contributed by atoms with Crippen LogP contribution in [0.5, 0.6) is 0 Å². The molecule has 0 N–H and O–H groups in total. The molecule has 9 aliphatic rings. The van der Waals surface area contributed by atoms with Crippen LogP contribution in [0.1, 0.15) is 12.8 Å². The third-order valence-corrected chi connectivity index (χ3v) is 12.9. The van der Waals surface area contributed by atoms with Gasteiger partial charge in [-0.3, -0.25) is 4.79 Å². The van der Waals surface area contributed by atoms with E-state index in [9.17, 15) is 4.79 Å². The number of Topliss-reactive ketones (excluding diaryl/α,β-unsaturated/α-hetero) is 1. The highest BCUT2D eigenvalue weighted by atomic mass is 32.2. The topological polar surface area (TPSA) is 35.5 Å². The Morgan fingerprint density at radius 1 is 1.00 bits per heavy atom. The summed E-state index contributed by atoms with van der Waals surface area (Å²) in [5.74, 6) is 6.92. The Balaban J connectivity index is 1.53. The minimum absolute atomic E-state index is 0.0149. The molecule has 120 valence electrons. The van der Waals surface area contributed by atoms with E-state index in [2.05, 4.69) is 35.7 Å². The molecule has 0 radical (unpaired) electrons. The lowest BCUT2D eigenvalue weighted by atomic mass is 9.34. The van der Waals surface area contributed by atoms with Crippen LogP contribution in [0.2, 0.25) is 0 Å². The highest BCUT2D eigenvalue weighted by Crippen LogP contribution is 2.99. The fourth-order valence-corrected chi connectivity index (χ4v) is 14.0. The first kappa shape index (κ1) is 12.4. The molecule has 6 aliphatic carbocycles. The van der Waals surface area contributed by atoms with Crippen LogP contribution < -0.4 is 0 Å². The van der Waals surface area contributed by atoms with Crippen LogP contribution in [0.15, 0.2) is 12.2 Å². The van der Waals surface area contributed by atoms with E-state index in [0.717, 1.165) is 11.8 Å². The highest BCUT2D eigenvalue weighted by Gasteiger charge is 3.03. The summed E-state index contributed by atoms with van der Waals surface area (Å²) in [5, 5.41) is 0. The minimum atomic E-state index is -0.218. The maximum atomic E-state index is 13.7. The van der Waals surface area contributed by atoms with Crippen molar-refractivity contribution in [3.63, 3.8) is 0 Å². The Morgan fingerprint density at radius 2 is 1.78 bits per heavy atom. The molecular weight excluding hydrogens is 328 g/mol. The normalized spacial score (nSPS) is 69.8. The van der Waals surface area contributed by atoms with E-state index in [1.165, 1.54) is 24.3 Å². The van der Waals surface area contributed by atoms with Crippen LogP contribution in [0.4, 0.5) is 0 Å². The molecule has 0 aromatic heterocycles. The van der Waals surface area contributed by atoms with Gasteiger partial charge in [0.15, 0.2) is 0 Å². The first-order valence-electron chi connectivity index (χ1n) is 9.13. The van der Waals surface area contributed by atoms with Gasteiger partial charge in [0, 0.05) is 11.3 Å². The summed E-state index contributed by atoms with van der Waals surface area (Å²) in [5.41, 5.74) is -0.171. The second-order valence-electron chi connectivity index (χ2n) is 8.91. The molecule has 9 rings (SSSR count). The van der Waals surface area contributed by atoms with Gasteiger partial charge < -0.3 is 0 Å². The van der Waals surface area contributed by atoms with Gasteiger partial charge >= 0.3 is 0 Å². The number of fused-ring (bicyclic) bond motifs is 3. The van der Waals surface area contributed by atoms with E-state index in [1.807, 2.05) is 0 Å². The van der Waals surface area contributed by atoms with E-state index in [4.69, 9.17) is 9.78 Å². The quantitative estimate of drug-likeness (QED) is 0.497. The van der Waals surface area contributed by atoms with Crippen molar-refractivity contribution in [3.05, 3.63) is 12.2 Å². The molecule has 5 saturated carbocycles. The van der Waals surface area contributed by atoms with Gasteiger partial charge in [0.2, 0.25) is 0 Å². The molecule has 0 aromatic carbocycles. The number of carbonyl (C=O) groups excluding carboxylic acids is 1. The van der Waals surface area contributed by atoms with Gasteiger partial charge in [-0.1, -0.05) is 12.2 Å². The van der Waals surface area contributed by atoms with Crippen LogP contribution in [0.3, 0.4) is 0 Å². The van der Waals surface area contributed by atoms with Crippen molar-refractivity contribution in [3.8, 4) is 0 Å². The van der Waals surface area contributed by atoms with Crippen molar-refractivity contribution in [1.29, 1.82) is 0 Å². The average molecular weight is 346 g/mol. The summed E-state index contributed by atoms with van der Waals surface area (Å²) < 4.78 is 0.234. The molecule has 0 amide bonds. The van der Waals surface area contributed by atoms with E-state index in [-0.39, 0.29) is 27.1 Å². The molecule has 0 unspecified atom stereocenters. The second-order valence-corrected chi connectivity index (χ2v) is 11.8. The minimum Gasteiger partial charge on any atom is -0.299 e. The van der Waals surface area contributed by atoms with Gasteiger partial charge in [-0.05, 0) is 53.9 Å². The summed E-state index contributed by atoms with van der Waals surface area (Å²) in [6.07, 6.45) is 6.97. The summed E-state index contributed by atoms with van der Waals surface area (Å²) in [6, 6.07) is 0. The van der Waals surface area contributed by atoms with Gasteiger partial charge in [-0.15, -0.1) is 23.5 Å². The molecule has 3 aliphatic heterocycles. The summed E-state index contributed by atoms with van der Waals surface area (Å²) in [7, 11) is 0. The lowest BCUT2D eigenvalue weighted by Gasteiger charge is -2.75. The van der Waals surface area contributed by atoms with E-state index in [1.54, 1.807) is 0 Å². The molecule has 3 spiro atoms. The maximum Gasteiger partial charge on any atom is 0.146 e. The van der Waals surface area contributed by atoms with E-state index < -0.39 is 0 Å². The van der Waals surface area contributed by atoms with Gasteiger partial charge in [0.1, 0.15) is 18.0 Å². The molecule has 5 heteroatoms. The third kappa shape index (κ3) is 0.786. The zero-order chi connectivity index (χ0) is 14.8. The van der Waals surface area contributed by atoms with Crippen molar-refractivity contribution >= 4 is 29.3 Å². The number of carbonyl (C=O) groups is 1. The summed E-state index contributed by atoms with van der Waals surface area (Å²) in [6.45, 7) is 0. The molecule has 2 saturated heterocycles. The van der Waals surface area contributed by atoms with Gasteiger partial charge in [0.05, 0.1) is 9.49 Å². The molecule has 4 bridgehead atoms. The first-order valence-corrected chi connectivity index (χ1v) is 11.1. The number of ketones is 1. The zero-order valence-electron chi connectivity index (χ0n) is 12.6. The third-order valence-electron chi connectivity index (χ3n) is 9.17. The Labute approximate surface area is 143 Å². The summed E-state index contributed by atoms with van der Waals surface area (Å²) >= 11 is 4.43. The zero-order valence-corrected chi connectivity index (χ0v) is 14.3. The van der Waals surface area contributed by atoms with Crippen molar-refractivity contribution in [2.24, 2.45) is 46.3 Å². The van der Waals surface area contributed by atoms with E-state index in [0.29, 0.717) is 29.5 Å². The summed E-state index contributed by atoms with van der Waals surface area (Å²) in [4.78, 5) is 25.4. The second kappa shape index (κ2) is 3.22. The van der Waals surface area contributed by atoms with Crippen LogP contribution in [-0.2, 0) is 14.6 Å². The Bertz CT molecular complexity index is 730. The van der Waals surface area contributed by atoms with Crippen LogP contribution in [0.25, 0.3) is 0 Å². The predicted octanol–water partition coefficient (Wildman–Crippen LogP) is 2.52. The highest BCUT2D eigenvalue weighted by molar-refractivity contribution is 8.18. The Morgan fingerprint density at radius 3 is 2.57 bits per heavy atom. The molecule has 3 heterocycles. The standard InChI is InChI=1S/C18H18O3S2/c19-15-11-7-6-8-12(11)18(22-4-1-5-23-18)17-10-3-2-9(20-21-10)16(15,17)13(7)14(8)17/h2-3,7-14H,1,4-6H2/t7-,8+,9+,10-,11-,12-,13+,14-,16+,17+/m1/s1. The molecule has 0 aromatic rings. The van der Waals surface area contributed by atoms with Crippen molar-refractivity contribution in [2.45, 2.75) is 29.1 Å². The number of rotatable bonds is 0. The van der Waals surface area contributed by atoms with Crippen molar-refractivity contribution < 1.29 is 14.6 Å². The molecule has 7 fully saturated rings. The number of thioether (sulfide) groups is 2. The van der Waals surface area contributed by atoms with Crippen LogP contribution in [0, 0.1) is 46.3 Å². The van der Waals surface area contributed by atoms with Crippen molar-refractivity contribution in [1.82, 2.24) is 0 Å². The van der Waals surface area contributed by atoms with Crippen LogP contribution >= 0.6 is 23.5 Å². The first-order chi connectivity index (χ1) is 11.3. The van der Waals surface area contributed by atoms with E-state index >= 15 is 0 Å². The Hall–Kier alpha value is 0.0300. The van der Waals surface area contributed by atoms with Crippen molar-refractivity contribution in [2.75, 3.05) is 11.5 Å². The van der Waals surface area contributed by atoms with Gasteiger partial charge in [-0.2, -0.15) is 0 Å². The predicted molar refractivity (Wildman–Crippen MR) is 86.6 cm³/mol. The largest absolute Gasteiger partial charge is 0.299 e. The van der Waals surface area contributed by atoms with Crippen LogP contribution in [-0.4, -0.2) is 33.6 Å². The average Bonchev–Trinajstić information content (AvgIpc) is 3.12. The smallest absolute Gasteiger partial charge is 0.146 e. The molecule has 3 nitrogen and oxygen atoms in total. The van der Waals surface area contributed by atoms with Gasteiger partial charge in [0.25, 0.3) is 0 Å². The molecule has 10 atom stereocenters. The van der Waals surface area contributed by atoms with Gasteiger partial charge in [-0.25, -0.2) is 9.78 Å². The fourth-order valence-electron chi connectivity index (χ4n) is 9.44. The maximum absolute atomic E-state index is 13.7. The SMILES string of the molecule is O=C1[C@@H]2[C@H]3C[C@H]4[C@H]2C2(SCCCS2)[C@@]25[C@H]4[C@H]3[C@@]12[C@@H]1C=C[C@H]5OO1. The Kier molecular flexibility index (Phi) is 1.73. The lowest BCUT2D eigenvalue weighted by Crippen LogP contribution is -2.82. The molecular formula is C18H18O3S2. The molecule has 23 heavy (non-hydrogen) atoms. The number of hydrogen-bond donors (Lipinski definition) is 0. The number of hydrogen-bond acceptors (Lipinski definition) is 5.